The Morgan fingerprint density at radius 1 is 1.56 bits per heavy atom. The summed E-state index contributed by atoms with van der Waals surface area (Å²) in [5.41, 5.74) is 5.48. The highest BCUT2D eigenvalue weighted by Gasteiger charge is 2.08. The summed E-state index contributed by atoms with van der Waals surface area (Å²) in [6.07, 6.45) is 0.801. The Morgan fingerprint density at radius 2 is 2.00 bits per heavy atom. The van der Waals surface area contributed by atoms with E-state index in [1.54, 1.807) is 6.92 Å². The van der Waals surface area contributed by atoms with Gasteiger partial charge in [0, 0.05) is 12.0 Å². The molecule has 0 amide bonds. The number of nitrogens with two attached hydrogens (primary N) is 1. The summed E-state index contributed by atoms with van der Waals surface area (Å²) in [5, 5.41) is 0. The quantitative estimate of drug-likeness (QED) is 0.616. The van der Waals surface area contributed by atoms with E-state index in [2.05, 4.69) is 0 Å². The molecule has 0 saturated carbocycles. The lowest BCUT2D eigenvalue weighted by molar-refractivity contribution is -0.120. The number of rotatable bonds is 3. The maximum atomic E-state index is 10.6. The molecule has 0 aliphatic rings. The zero-order chi connectivity index (χ0) is 7.44. The number of hydrogen-bond acceptors (Lipinski definition) is 2. The maximum absolute atomic E-state index is 10.6. The average molecular weight is 129 g/mol. The molecule has 0 aromatic heterocycles. The average Bonchev–Trinajstić information content (AvgIpc) is 1.63. The summed E-state index contributed by atoms with van der Waals surface area (Å²) in [6.45, 7) is 5.43. The van der Waals surface area contributed by atoms with Crippen LogP contribution in [-0.4, -0.2) is 11.8 Å². The van der Waals surface area contributed by atoms with Crippen LogP contribution in [0.5, 0.6) is 0 Å². The van der Waals surface area contributed by atoms with Crippen molar-refractivity contribution in [3.05, 3.63) is 0 Å². The first-order valence-electron chi connectivity index (χ1n) is 3.30. The van der Waals surface area contributed by atoms with Gasteiger partial charge in [0.1, 0.15) is 5.78 Å². The van der Waals surface area contributed by atoms with E-state index in [1.165, 1.54) is 0 Å². The van der Waals surface area contributed by atoms with Crippen molar-refractivity contribution < 1.29 is 4.79 Å². The second-order valence-corrected chi connectivity index (χ2v) is 2.72. The summed E-state index contributed by atoms with van der Waals surface area (Å²) in [7, 11) is 0. The zero-order valence-corrected chi connectivity index (χ0v) is 6.35. The van der Waals surface area contributed by atoms with Gasteiger partial charge in [-0.3, -0.25) is 4.79 Å². The molecule has 0 aromatic rings. The second-order valence-electron chi connectivity index (χ2n) is 2.72. The number of carbonyl (C=O) groups is 1. The standard InChI is InChI=1S/C7H15NO/c1-5(7(3)9)4-6(2)8/h5-6H,4,8H2,1-3H3. The van der Waals surface area contributed by atoms with Gasteiger partial charge in [0.2, 0.25) is 0 Å². The minimum atomic E-state index is 0.130. The fraction of sp³-hybridized carbons (Fsp3) is 0.857. The molecule has 9 heavy (non-hydrogen) atoms. The van der Waals surface area contributed by atoms with Crippen LogP contribution in [0.15, 0.2) is 0 Å². The summed E-state index contributed by atoms with van der Waals surface area (Å²) in [6, 6.07) is 0.142. The molecule has 0 aliphatic heterocycles. The molecule has 2 N–H and O–H groups in total. The Hall–Kier alpha value is -0.370. The van der Waals surface area contributed by atoms with E-state index in [4.69, 9.17) is 5.73 Å². The number of carbonyl (C=O) groups excluding carboxylic acids is 1. The Balaban J connectivity index is 3.50. The minimum Gasteiger partial charge on any atom is -0.328 e. The third-order valence-electron chi connectivity index (χ3n) is 1.42. The summed E-state index contributed by atoms with van der Waals surface area (Å²) < 4.78 is 0. The van der Waals surface area contributed by atoms with Crippen molar-refractivity contribution in [3.8, 4) is 0 Å². The fourth-order valence-corrected chi connectivity index (χ4v) is 0.724. The summed E-state index contributed by atoms with van der Waals surface area (Å²) in [5.74, 6) is 0.359. The SMILES string of the molecule is CC(=O)C(C)CC(C)N. The lowest BCUT2D eigenvalue weighted by Gasteiger charge is -2.08. The smallest absolute Gasteiger partial charge is 0.132 e. The van der Waals surface area contributed by atoms with Gasteiger partial charge in [-0.1, -0.05) is 6.92 Å². The van der Waals surface area contributed by atoms with Crippen LogP contribution in [-0.2, 0) is 4.79 Å². The molecule has 2 unspecified atom stereocenters. The summed E-state index contributed by atoms with van der Waals surface area (Å²) in [4.78, 5) is 10.6. The lowest BCUT2D eigenvalue weighted by Crippen LogP contribution is -2.21. The van der Waals surface area contributed by atoms with Crippen LogP contribution in [0, 0.1) is 5.92 Å². The normalized spacial score (nSPS) is 16.9. The van der Waals surface area contributed by atoms with Gasteiger partial charge >= 0.3 is 0 Å². The number of Topliss-reactive ketones (excluding diaryl/α,β-unsaturated/α-hetero) is 1. The first kappa shape index (κ1) is 8.63. The third-order valence-corrected chi connectivity index (χ3v) is 1.42. The molecule has 2 nitrogen and oxygen atoms in total. The van der Waals surface area contributed by atoms with Crippen molar-refractivity contribution in [2.75, 3.05) is 0 Å². The van der Waals surface area contributed by atoms with E-state index in [0.29, 0.717) is 0 Å². The first-order chi connectivity index (χ1) is 4.04. The van der Waals surface area contributed by atoms with Gasteiger partial charge in [-0.05, 0) is 20.3 Å². The van der Waals surface area contributed by atoms with Crippen LogP contribution < -0.4 is 5.73 Å². The van der Waals surface area contributed by atoms with Crippen LogP contribution >= 0.6 is 0 Å². The van der Waals surface area contributed by atoms with Crippen molar-refractivity contribution in [1.82, 2.24) is 0 Å². The number of ketones is 1. The Kier molecular flexibility index (Phi) is 3.47. The Morgan fingerprint density at radius 3 is 2.11 bits per heavy atom. The maximum Gasteiger partial charge on any atom is 0.132 e. The lowest BCUT2D eigenvalue weighted by atomic mass is 10.00. The molecule has 0 fully saturated rings. The Bertz CT molecular complexity index is 99.1. The van der Waals surface area contributed by atoms with Crippen LogP contribution in [0.1, 0.15) is 27.2 Å². The monoisotopic (exact) mass is 129 g/mol. The minimum absolute atomic E-state index is 0.130. The van der Waals surface area contributed by atoms with Gasteiger partial charge in [0.15, 0.2) is 0 Å². The molecule has 0 aliphatic carbocycles. The van der Waals surface area contributed by atoms with E-state index in [9.17, 15) is 4.79 Å². The van der Waals surface area contributed by atoms with Gasteiger partial charge in [-0.25, -0.2) is 0 Å². The van der Waals surface area contributed by atoms with E-state index < -0.39 is 0 Å². The highest BCUT2D eigenvalue weighted by molar-refractivity contribution is 5.77. The molecular weight excluding hydrogens is 114 g/mol. The van der Waals surface area contributed by atoms with Gasteiger partial charge < -0.3 is 5.73 Å². The highest BCUT2D eigenvalue weighted by atomic mass is 16.1. The Labute approximate surface area is 56.4 Å². The molecule has 0 heterocycles. The topological polar surface area (TPSA) is 43.1 Å². The predicted molar refractivity (Wildman–Crippen MR) is 38.1 cm³/mol. The largest absolute Gasteiger partial charge is 0.328 e. The molecule has 0 saturated heterocycles. The van der Waals surface area contributed by atoms with E-state index >= 15 is 0 Å². The highest BCUT2D eigenvalue weighted by Crippen LogP contribution is 2.04. The first-order valence-corrected chi connectivity index (χ1v) is 3.30. The van der Waals surface area contributed by atoms with E-state index in [0.717, 1.165) is 6.42 Å². The van der Waals surface area contributed by atoms with Crippen molar-refractivity contribution in [3.63, 3.8) is 0 Å². The van der Waals surface area contributed by atoms with Crippen molar-refractivity contribution in [2.45, 2.75) is 33.2 Å². The fourth-order valence-electron chi connectivity index (χ4n) is 0.724. The van der Waals surface area contributed by atoms with Crippen LogP contribution in [0.3, 0.4) is 0 Å². The van der Waals surface area contributed by atoms with Gasteiger partial charge in [0.25, 0.3) is 0 Å². The molecule has 0 radical (unpaired) electrons. The molecule has 0 bridgehead atoms. The van der Waals surface area contributed by atoms with Gasteiger partial charge in [-0.2, -0.15) is 0 Å². The molecular formula is C7H15NO. The second kappa shape index (κ2) is 3.62. The van der Waals surface area contributed by atoms with Crippen molar-refractivity contribution >= 4 is 5.78 Å². The predicted octanol–water partition coefficient (Wildman–Crippen LogP) is 0.949. The molecule has 0 rings (SSSR count). The number of hydrogen-bond donors (Lipinski definition) is 1. The van der Waals surface area contributed by atoms with Crippen LogP contribution in [0.4, 0.5) is 0 Å². The van der Waals surface area contributed by atoms with Crippen LogP contribution in [0.25, 0.3) is 0 Å². The molecule has 0 aromatic carbocycles. The van der Waals surface area contributed by atoms with Crippen molar-refractivity contribution in [2.24, 2.45) is 11.7 Å². The molecule has 0 spiro atoms. The van der Waals surface area contributed by atoms with Gasteiger partial charge in [0.05, 0.1) is 0 Å². The van der Waals surface area contributed by atoms with Crippen molar-refractivity contribution in [1.29, 1.82) is 0 Å². The van der Waals surface area contributed by atoms with Crippen LogP contribution in [0.2, 0.25) is 0 Å². The third kappa shape index (κ3) is 4.15. The molecule has 54 valence electrons. The summed E-state index contributed by atoms with van der Waals surface area (Å²) >= 11 is 0. The zero-order valence-electron chi connectivity index (χ0n) is 6.35. The van der Waals surface area contributed by atoms with Gasteiger partial charge in [-0.15, -0.1) is 0 Å². The molecule has 2 heteroatoms. The van der Waals surface area contributed by atoms with E-state index in [1.807, 2.05) is 13.8 Å². The van der Waals surface area contributed by atoms with E-state index in [-0.39, 0.29) is 17.7 Å². The molecule has 2 atom stereocenters.